The van der Waals surface area contributed by atoms with Gasteiger partial charge in [0.2, 0.25) is 5.95 Å². The highest BCUT2D eigenvalue weighted by molar-refractivity contribution is 5.25. The Kier molecular flexibility index (Phi) is 5.41. The maximum atomic E-state index is 5.50. The topological polar surface area (TPSA) is 61.7 Å². The molecule has 1 rings (SSSR count). The Hall–Kier alpha value is -1.71. The van der Waals surface area contributed by atoms with Gasteiger partial charge < -0.3 is 10.7 Å². The fourth-order valence-corrected chi connectivity index (χ4v) is 0.465. The molecular formula is C7H10N4. The van der Waals surface area contributed by atoms with Gasteiger partial charge in [-0.05, 0) is 19.0 Å². The van der Waals surface area contributed by atoms with E-state index in [1.54, 1.807) is 18.5 Å². The van der Waals surface area contributed by atoms with Crippen LogP contribution in [-0.2, 0) is 0 Å². The number of nitrogens with one attached hydrogen (secondary N) is 2. The summed E-state index contributed by atoms with van der Waals surface area (Å²) in [5, 5.41) is 8.25. The van der Waals surface area contributed by atoms with Gasteiger partial charge in [0.25, 0.3) is 0 Å². The molecule has 0 saturated heterocycles. The lowest BCUT2D eigenvalue weighted by Gasteiger charge is -1.92. The molecule has 0 aliphatic rings. The monoisotopic (exact) mass is 150 g/mol. The van der Waals surface area contributed by atoms with E-state index < -0.39 is 0 Å². The molecule has 0 radical (unpaired) electrons. The van der Waals surface area contributed by atoms with Crippen LogP contribution in [0.25, 0.3) is 0 Å². The number of aromatic nitrogens is 2. The molecular weight excluding hydrogens is 140 g/mol. The molecule has 0 unspecified atom stereocenters. The number of hydrogen-bond donors (Lipinski definition) is 2. The van der Waals surface area contributed by atoms with Crippen LogP contribution in [0.2, 0.25) is 0 Å². The quantitative estimate of drug-likeness (QED) is 0.624. The molecule has 11 heavy (non-hydrogen) atoms. The first kappa shape index (κ1) is 9.29. The number of rotatable bonds is 2. The van der Waals surface area contributed by atoms with Crippen LogP contribution in [0.3, 0.4) is 0 Å². The molecule has 4 heteroatoms. The standard InChI is InChI=1S/C6H7N3.CH3N/c1-2-7-6-8-4-3-5-9-6;1-2/h2-5H,1H2,(H,7,8,9);2H,1H2. The van der Waals surface area contributed by atoms with Gasteiger partial charge >= 0.3 is 0 Å². The molecule has 0 spiro atoms. The predicted octanol–water partition coefficient (Wildman–Crippen LogP) is 1.30. The van der Waals surface area contributed by atoms with E-state index in [1.165, 1.54) is 6.20 Å². The fourth-order valence-electron chi connectivity index (χ4n) is 0.465. The van der Waals surface area contributed by atoms with Gasteiger partial charge in [-0.2, -0.15) is 0 Å². The second-order valence-electron chi connectivity index (χ2n) is 1.42. The van der Waals surface area contributed by atoms with Crippen LogP contribution in [0.5, 0.6) is 0 Å². The van der Waals surface area contributed by atoms with E-state index in [1.807, 2.05) is 0 Å². The van der Waals surface area contributed by atoms with Crippen molar-refractivity contribution in [3.8, 4) is 0 Å². The lowest BCUT2D eigenvalue weighted by atomic mass is 10.7. The highest BCUT2D eigenvalue weighted by Crippen LogP contribution is 1.91. The van der Waals surface area contributed by atoms with Crippen molar-refractivity contribution in [2.45, 2.75) is 0 Å². The summed E-state index contributed by atoms with van der Waals surface area (Å²) in [5.41, 5.74) is 0. The maximum Gasteiger partial charge on any atom is 0.226 e. The average molecular weight is 150 g/mol. The lowest BCUT2D eigenvalue weighted by Crippen LogP contribution is -1.91. The van der Waals surface area contributed by atoms with Crippen molar-refractivity contribution in [3.05, 3.63) is 31.2 Å². The molecule has 58 valence electrons. The Balaban J connectivity index is 0.000000461. The Bertz CT molecular complexity index is 197. The summed E-state index contributed by atoms with van der Waals surface area (Å²) >= 11 is 0. The van der Waals surface area contributed by atoms with Crippen molar-refractivity contribution >= 4 is 12.7 Å². The van der Waals surface area contributed by atoms with Gasteiger partial charge in [0.1, 0.15) is 0 Å². The first-order chi connectivity index (χ1) is 5.43. The molecule has 0 aromatic carbocycles. The normalized spacial score (nSPS) is 7.27. The van der Waals surface area contributed by atoms with Gasteiger partial charge in [0.15, 0.2) is 0 Å². The summed E-state index contributed by atoms with van der Waals surface area (Å²) in [6.07, 6.45) is 4.87. The van der Waals surface area contributed by atoms with Crippen LogP contribution in [-0.4, -0.2) is 16.7 Å². The molecule has 0 fully saturated rings. The average Bonchev–Trinajstić information content (AvgIpc) is 2.11. The van der Waals surface area contributed by atoms with E-state index >= 15 is 0 Å². The van der Waals surface area contributed by atoms with Crippen LogP contribution in [0.15, 0.2) is 31.2 Å². The van der Waals surface area contributed by atoms with E-state index in [0.717, 1.165) is 0 Å². The summed E-state index contributed by atoms with van der Waals surface area (Å²) in [4.78, 5) is 7.75. The molecule has 0 amide bonds. The summed E-state index contributed by atoms with van der Waals surface area (Å²) in [6.45, 7) is 5.96. The molecule has 4 nitrogen and oxygen atoms in total. The SMILES string of the molecule is C=CNc1ncccn1.C=N. The first-order valence-electron chi connectivity index (χ1n) is 2.93. The number of hydrogen-bond acceptors (Lipinski definition) is 4. The van der Waals surface area contributed by atoms with E-state index in [-0.39, 0.29) is 0 Å². The highest BCUT2D eigenvalue weighted by Gasteiger charge is 1.83. The van der Waals surface area contributed by atoms with Gasteiger partial charge in [-0.25, -0.2) is 9.97 Å². The van der Waals surface area contributed by atoms with Crippen molar-refractivity contribution in [1.82, 2.24) is 9.97 Å². The highest BCUT2D eigenvalue weighted by atomic mass is 15.1. The van der Waals surface area contributed by atoms with E-state index in [0.29, 0.717) is 5.95 Å². The van der Waals surface area contributed by atoms with Gasteiger partial charge in [0.05, 0.1) is 0 Å². The lowest BCUT2D eigenvalue weighted by molar-refractivity contribution is 1.17. The van der Waals surface area contributed by atoms with Gasteiger partial charge in [-0.1, -0.05) is 6.58 Å². The van der Waals surface area contributed by atoms with Crippen LogP contribution < -0.4 is 5.32 Å². The first-order valence-corrected chi connectivity index (χ1v) is 2.93. The summed E-state index contributed by atoms with van der Waals surface area (Å²) < 4.78 is 0. The maximum absolute atomic E-state index is 5.50. The summed E-state index contributed by atoms with van der Waals surface area (Å²) in [5.74, 6) is 0.576. The zero-order valence-corrected chi connectivity index (χ0v) is 6.12. The van der Waals surface area contributed by atoms with Crippen molar-refractivity contribution in [1.29, 1.82) is 5.41 Å². The molecule has 0 aliphatic carbocycles. The van der Waals surface area contributed by atoms with E-state index in [2.05, 4.69) is 28.6 Å². The van der Waals surface area contributed by atoms with Crippen molar-refractivity contribution < 1.29 is 0 Å². The van der Waals surface area contributed by atoms with Gasteiger partial charge in [-0.15, -0.1) is 0 Å². The van der Waals surface area contributed by atoms with Crippen molar-refractivity contribution in [2.75, 3.05) is 5.32 Å². The second-order valence-corrected chi connectivity index (χ2v) is 1.42. The van der Waals surface area contributed by atoms with Crippen LogP contribution >= 0.6 is 0 Å². The molecule has 1 aromatic heterocycles. The summed E-state index contributed by atoms with van der Waals surface area (Å²) in [7, 11) is 0. The van der Waals surface area contributed by atoms with E-state index in [9.17, 15) is 0 Å². The smallest absolute Gasteiger partial charge is 0.226 e. The largest absolute Gasteiger partial charge is 0.331 e. The van der Waals surface area contributed by atoms with Crippen LogP contribution in [0.4, 0.5) is 5.95 Å². The zero-order chi connectivity index (χ0) is 8.53. The van der Waals surface area contributed by atoms with Crippen molar-refractivity contribution in [3.63, 3.8) is 0 Å². The number of nitrogens with zero attached hydrogens (tertiary/aromatic N) is 2. The molecule has 0 bridgehead atoms. The van der Waals surface area contributed by atoms with Gasteiger partial charge in [-0.3, -0.25) is 0 Å². The fraction of sp³-hybridized carbons (Fsp3) is 0. The van der Waals surface area contributed by atoms with Crippen molar-refractivity contribution in [2.24, 2.45) is 0 Å². The third-order valence-electron chi connectivity index (χ3n) is 0.797. The second kappa shape index (κ2) is 6.41. The third kappa shape index (κ3) is 3.80. The Morgan fingerprint density at radius 3 is 2.36 bits per heavy atom. The minimum Gasteiger partial charge on any atom is -0.331 e. The minimum atomic E-state index is 0.576. The Labute approximate surface area is 65.5 Å². The molecule has 0 aliphatic heterocycles. The Morgan fingerprint density at radius 2 is 1.91 bits per heavy atom. The molecule has 1 heterocycles. The molecule has 1 aromatic rings. The predicted molar refractivity (Wildman–Crippen MR) is 45.7 cm³/mol. The van der Waals surface area contributed by atoms with E-state index in [4.69, 9.17) is 5.41 Å². The molecule has 2 N–H and O–H groups in total. The number of anilines is 1. The van der Waals surface area contributed by atoms with Gasteiger partial charge in [0, 0.05) is 12.4 Å². The molecule has 0 atom stereocenters. The van der Waals surface area contributed by atoms with Crippen LogP contribution in [0, 0.1) is 5.41 Å². The molecule has 0 saturated carbocycles. The zero-order valence-electron chi connectivity index (χ0n) is 6.12. The summed E-state index contributed by atoms with van der Waals surface area (Å²) in [6, 6.07) is 1.76. The third-order valence-corrected chi connectivity index (χ3v) is 0.797. The van der Waals surface area contributed by atoms with Crippen LogP contribution in [0.1, 0.15) is 0 Å². The Morgan fingerprint density at radius 1 is 1.36 bits per heavy atom. The minimum absolute atomic E-state index is 0.576.